The Bertz CT molecular complexity index is 673. The zero-order valence-electron chi connectivity index (χ0n) is 20.2. The monoisotopic (exact) mass is 422 g/mol. The van der Waals surface area contributed by atoms with Gasteiger partial charge in [-0.3, -0.25) is 0 Å². The average Bonchev–Trinajstić information content (AvgIpc) is 2.92. The third kappa shape index (κ3) is 3.09. The topological polar surface area (TPSA) is 44.8 Å². The molecular weight excluding hydrogens is 380 g/mol. The Morgan fingerprint density at radius 1 is 1.07 bits per heavy atom. The molecule has 0 radical (unpaired) electrons. The lowest BCUT2D eigenvalue weighted by Crippen LogP contribution is -2.71. The van der Waals surface area contributed by atoms with Gasteiger partial charge in [-0.2, -0.15) is 0 Å². The highest BCUT2D eigenvalue weighted by Crippen LogP contribution is 2.68. The van der Waals surface area contributed by atoms with Gasteiger partial charge < -0.3 is 13.9 Å². The summed E-state index contributed by atoms with van der Waals surface area (Å²) in [6.07, 6.45) is 4.44. The van der Waals surface area contributed by atoms with Gasteiger partial charge in [0.15, 0.2) is 0 Å². The molecule has 1 heterocycles. The second-order valence-corrected chi connectivity index (χ2v) is 17.0. The lowest BCUT2D eigenvalue weighted by Gasteiger charge is -2.64. The SMILES string of the molecule is COC(=O)C1=C[C@]2(C)[C@H]3CC(C)(C)C[C@H]3CO[C@]12O[Si](C(C)C)(C(C)C)C(C)C. The summed E-state index contributed by atoms with van der Waals surface area (Å²) in [7, 11) is -0.825. The van der Waals surface area contributed by atoms with E-state index in [9.17, 15) is 4.79 Å². The van der Waals surface area contributed by atoms with Crippen LogP contribution in [-0.4, -0.2) is 33.8 Å². The highest BCUT2D eigenvalue weighted by Gasteiger charge is 2.72. The summed E-state index contributed by atoms with van der Waals surface area (Å²) in [6, 6.07) is 0. The van der Waals surface area contributed by atoms with E-state index in [0.29, 0.717) is 46.1 Å². The normalized spacial score (nSPS) is 36.0. The number of esters is 1. The van der Waals surface area contributed by atoms with Crippen LogP contribution in [0.15, 0.2) is 11.6 Å². The van der Waals surface area contributed by atoms with E-state index in [1.165, 1.54) is 13.5 Å². The standard InChI is InChI=1S/C24H42O4Si/c1-15(2)29(16(3)4,17(5)6)28-24-20(21(25)26-10)13-23(24,9)19-12-22(7,8)11-18(19)14-27-24/h13,15-19H,11-12,14H2,1-10H3/t18-,19-,23+,24-/m0/s1. The van der Waals surface area contributed by atoms with Crippen LogP contribution in [0.2, 0.25) is 16.6 Å². The zero-order chi connectivity index (χ0) is 22.0. The van der Waals surface area contributed by atoms with Crippen LogP contribution in [0.5, 0.6) is 0 Å². The first-order chi connectivity index (χ1) is 13.3. The molecule has 2 fully saturated rings. The zero-order valence-corrected chi connectivity index (χ0v) is 21.2. The largest absolute Gasteiger partial charge is 0.466 e. The van der Waals surface area contributed by atoms with Gasteiger partial charge in [0.05, 0.1) is 19.3 Å². The number of methoxy groups -OCH3 is 1. The molecule has 0 N–H and O–H groups in total. The van der Waals surface area contributed by atoms with Crippen molar-refractivity contribution in [3.8, 4) is 0 Å². The van der Waals surface area contributed by atoms with E-state index in [4.69, 9.17) is 13.9 Å². The van der Waals surface area contributed by atoms with Crippen molar-refractivity contribution in [2.24, 2.45) is 22.7 Å². The van der Waals surface area contributed by atoms with Crippen molar-refractivity contribution in [2.45, 2.75) is 97.6 Å². The first-order valence-electron chi connectivity index (χ1n) is 11.4. The lowest BCUT2D eigenvalue weighted by molar-refractivity contribution is -0.290. The van der Waals surface area contributed by atoms with Crippen molar-refractivity contribution in [3.05, 3.63) is 11.6 Å². The van der Waals surface area contributed by atoms with Crippen molar-refractivity contribution in [3.63, 3.8) is 0 Å². The van der Waals surface area contributed by atoms with Gasteiger partial charge in [-0.25, -0.2) is 4.79 Å². The van der Waals surface area contributed by atoms with E-state index in [1.807, 2.05) is 0 Å². The molecule has 3 aliphatic rings. The number of ether oxygens (including phenoxy) is 2. The Morgan fingerprint density at radius 2 is 1.62 bits per heavy atom. The predicted molar refractivity (Wildman–Crippen MR) is 119 cm³/mol. The molecule has 4 nitrogen and oxygen atoms in total. The van der Waals surface area contributed by atoms with Crippen LogP contribution in [0, 0.1) is 22.7 Å². The molecule has 0 unspecified atom stereocenters. The summed E-state index contributed by atoms with van der Waals surface area (Å²) in [5.41, 5.74) is 1.86. The van der Waals surface area contributed by atoms with Crippen molar-refractivity contribution in [1.82, 2.24) is 0 Å². The second kappa shape index (κ2) is 7.20. The fraction of sp³-hybridized carbons (Fsp3) is 0.875. The van der Waals surface area contributed by atoms with Gasteiger partial charge >= 0.3 is 5.97 Å². The molecule has 4 atom stereocenters. The predicted octanol–water partition coefficient (Wildman–Crippen LogP) is 6.08. The molecule has 2 aliphatic carbocycles. The van der Waals surface area contributed by atoms with Crippen molar-refractivity contribution in [1.29, 1.82) is 0 Å². The van der Waals surface area contributed by atoms with Crippen molar-refractivity contribution >= 4 is 14.3 Å². The van der Waals surface area contributed by atoms with Gasteiger partial charge in [-0.15, -0.1) is 0 Å². The molecular formula is C24H42O4Si. The summed E-state index contributed by atoms with van der Waals surface area (Å²) in [6.45, 7) is 21.3. The number of carbonyl (C=O) groups is 1. The first-order valence-corrected chi connectivity index (χ1v) is 13.6. The minimum atomic E-state index is -2.28. The van der Waals surface area contributed by atoms with E-state index in [2.05, 4.69) is 68.4 Å². The molecule has 166 valence electrons. The number of fused-ring (bicyclic) bond motifs is 3. The van der Waals surface area contributed by atoms with E-state index in [-0.39, 0.29) is 11.4 Å². The molecule has 0 amide bonds. The number of hydrogen-bond donors (Lipinski definition) is 0. The van der Waals surface area contributed by atoms with Gasteiger partial charge in [-0.05, 0) is 46.7 Å². The van der Waals surface area contributed by atoms with E-state index >= 15 is 0 Å². The summed E-state index contributed by atoms with van der Waals surface area (Å²) >= 11 is 0. The number of hydrogen-bond acceptors (Lipinski definition) is 4. The fourth-order valence-electron chi connectivity index (χ4n) is 7.19. The maximum absolute atomic E-state index is 12.8. The third-order valence-corrected chi connectivity index (χ3v) is 14.4. The quantitative estimate of drug-likeness (QED) is 0.384. The second-order valence-electron chi connectivity index (χ2n) is 11.6. The van der Waals surface area contributed by atoms with Gasteiger partial charge in [0.1, 0.15) is 0 Å². The van der Waals surface area contributed by atoms with Crippen LogP contribution in [-0.2, 0) is 18.7 Å². The smallest absolute Gasteiger partial charge is 0.338 e. The Balaban J connectivity index is 2.12. The Kier molecular flexibility index (Phi) is 5.72. The van der Waals surface area contributed by atoms with Crippen LogP contribution in [0.4, 0.5) is 0 Å². The highest BCUT2D eigenvalue weighted by atomic mass is 28.4. The number of rotatable bonds is 6. The number of carbonyl (C=O) groups excluding carboxylic acids is 1. The minimum Gasteiger partial charge on any atom is -0.466 e. The Morgan fingerprint density at radius 3 is 2.10 bits per heavy atom. The first kappa shape index (κ1) is 23.0. The van der Waals surface area contributed by atoms with Crippen LogP contribution in [0.25, 0.3) is 0 Å². The molecule has 0 aromatic heterocycles. The third-order valence-electron chi connectivity index (χ3n) is 8.37. The van der Waals surface area contributed by atoms with Gasteiger partial charge in [0.2, 0.25) is 14.1 Å². The molecule has 1 saturated heterocycles. The van der Waals surface area contributed by atoms with Crippen LogP contribution in [0.3, 0.4) is 0 Å². The minimum absolute atomic E-state index is 0.288. The molecule has 0 aromatic rings. The fourth-order valence-corrected chi connectivity index (χ4v) is 12.8. The summed E-state index contributed by atoms with van der Waals surface area (Å²) < 4.78 is 19.1. The molecule has 3 rings (SSSR count). The maximum Gasteiger partial charge on any atom is 0.338 e. The van der Waals surface area contributed by atoms with Gasteiger partial charge in [-0.1, -0.05) is 68.4 Å². The van der Waals surface area contributed by atoms with Crippen molar-refractivity contribution in [2.75, 3.05) is 13.7 Å². The summed E-state index contributed by atoms with van der Waals surface area (Å²) in [5.74, 6) is -0.280. The molecule has 29 heavy (non-hydrogen) atoms. The summed E-state index contributed by atoms with van der Waals surface area (Å²) in [4.78, 5) is 12.8. The molecule has 0 bridgehead atoms. The Labute approximate surface area is 178 Å². The Hall–Kier alpha value is -0.653. The van der Waals surface area contributed by atoms with Gasteiger partial charge in [0, 0.05) is 5.41 Å². The molecule has 0 aromatic carbocycles. The van der Waals surface area contributed by atoms with Crippen LogP contribution in [0.1, 0.15) is 75.2 Å². The van der Waals surface area contributed by atoms with Crippen LogP contribution >= 0.6 is 0 Å². The molecule has 5 heteroatoms. The molecule has 1 aliphatic heterocycles. The molecule has 0 spiro atoms. The van der Waals surface area contributed by atoms with Crippen molar-refractivity contribution < 1.29 is 18.7 Å². The average molecular weight is 423 g/mol. The van der Waals surface area contributed by atoms with Crippen LogP contribution < -0.4 is 0 Å². The van der Waals surface area contributed by atoms with E-state index in [1.54, 1.807) is 0 Å². The van der Waals surface area contributed by atoms with E-state index < -0.39 is 14.1 Å². The summed E-state index contributed by atoms with van der Waals surface area (Å²) in [5, 5.41) is 0. The lowest BCUT2D eigenvalue weighted by atomic mass is 9.55. The molecule has 1 saturated carbocycles. The van der Waals surface area contributed by atoms with E-state index in [0.717, 1.165) is 6.42 Å². The van der Waals surface area contributed by atoms with Gasteiger partial charge in [0.25, 0.3) is 0 Å². The maximum atomic E-state index is 12.8. The highest BCUT2D eigenvalue weighted by molar-refractivity contribution is 6.77.